The topological polar surface area (TPSA) is 52.3 Å². The van der Waals surface area contributed by atoms with Crippen LogP contribution in [0.25, 0.3) is 0 Å². The van der Waals surface area contributed by atoms with Crippen molar-refractivity contribution in [3.63, 3.8) is 0 Å². The Morgan fingerprint density at radius 2 is 2.14 bits per heavy atom. The van der Waals surface area contributed by atoms with E-state index in [0.29, 0.717) is 0 Å². The maximum absolute atomic E-state index is 11.3. The third kappa shape index (κ3) is 2.71. The Kier molecular flexibility index (Phi) is 3.88. The summed E-state index contributed by atoms with van der Waals surface area (Å²) in [5, 5.41) is 0. The van der Waals surface area contributed by atoms with Crippen molar-refractivity contribution in [3.05, 3.63) is 48.6 Å². The van der Waals surface area contributed by atoms with Gasteiger partial charge < -0.3 is 10.5 Å². The lowest BCUT2D eigenvalue weighted by atomic mass is 10.1. The van der Waals surface area contributed by atoms with Gasteiger partial charge in [0, 0.05) is 0 Å². The second-order valence-corrected chi connectivity index (χ2v) is 2.81. The van der Waals surface area contributed by atoms with Gasteiger partial charge in [-0.3, -0.25) is 0 Å². The summed E-state index contributed by atoms with van der Waals surface area (Å²) in [4.78, 5) is 11.3. The average molecular weight is 191 g/mol. The lowest BCUT2D eigenvalue weighted by Gasteiger charge is -2.10. The Morgan fingerprint density at radius 3 is 2.71 bits per heavy atom. The van der Waals surface area contributed by atoms with Gasteiger partial charge in [0.05, 0.1) is 0 Å². The molecule has 0 saturated heterocycles. The molecule has 0 radical (unpaired) electrons. The number of hydrogen-bond donors (Lipinski definition) is 1. The first-order chi connectivity index (χ1) is 6.75. The number of benzene rings is 1. The maximum atomic E-state index is 11.3. The summed E-state index contributed by atoms with van der Waals surface area (Å²) in [7, 11) is 0. The minimum absolute atomic E-state index is 0.194. The van der Waals surface area contributed by atoms with Crippen molar-refractivity contribution in [1.82, 2.24) is 0 Å². The van der Waals surface area contributed by atoms with Crippen LogP contribution in [0.4, 0.5) is 0 Å². The number of carbonyl (C=O) groups excluding carboxylic acids is 1. The molecule has 0 aliphatic rings. The summed E-state index contributed by atoms with van der Waals surface area (Å²) < 4.78 is 4.83. The molecule has 0 amide bonds. The van der Waals surface area contributed by atoms with Crippen molar-refractivity contribution in [2.24, 2.45) is 5.73 Å². The van der Waals surface area contributed by atoms with Crippen LogP contribution in [0, 0.1) is 0 Å². The summed E-state index contributed by atoms with van der Waals surface area (Å²) >= 11 is 0. The Bertz CT molecular complexity index is 308. The van der Waals surface area contributed by atoms with E-state index < -0.39 is 12.0 Å². The van der Waals surface area contributed by atoms with E-state index in [9.17, 15) is 4.79 Å². The Hall–Kier alpha value is -1.61. The van der Waals surface area contributed by atoms with Crippen LogP contribution in [-0.2, 0) is 9.53 Å². The SMILES string of the molecule is C=CCOC(=O)[C@H](N)c1ccccc1. The number of rotatable bonds is 4. The molecule has 0 saturated carbocycles. The zero-order valence-corrected chi connectivity index (χ0v) is 7.85. The average Bonchev–Trinajstić information content (AvgIpc) is 2.26. The second-order valence-electron chi connectivity index (χ2n) is 2.81. The Labute approximate surface area is 83.2 Å². The molecule has 0 unspecified atom stereocenters. The number of esters is 1. The van der Waals surface area contributed by atoms with Gasteiger partial charge in [0.2, 0.25) is 0 Å². The van der Waals surface area contributed by atoms with Crippen LogP contribution in [0.15, 0.2) is 43.0 Å². The largest absolute Gasteiger partial charge is 0.460 e. The molecule has 1 aromatic rings. The number of ether oxygens (including phenoxy) is 1. The molecule has 14 heavy (non-hydrogen) atoms. The molecule has 1 rings (SSSR count). The van der Waals surface area contributed by atoms with Crippen LogP contribution < -0.4 is 5.73 Å². The van der Waals surface area contributed by atoms with Crippen LogP contribution in [-0.4, -0.2) is 12.6 Å². The van der Waals surface area contributed by atoms with Crippen molar-refractivity contribution < 1.29 is 9.53 Å². The highest BCUT2D eigenvalue weighted by atomic mass is 16.5. The summed E-state index contributed by atoms with van der Waals surface area (Å²) in [6.45, 7) is 3.64. The number of nitrogens with two attached hydrogens (primary N) is 1. The fourth-order valence-corrected chi connectivity index (χ4v) is 1.03. The number of carbonyl (C=O) groups is 1. The van der Waals surface area contributed by atoms with E-state index in [-0.39, 0.29) is 6.61 Å². The summed E-state index contributed by atoms with van der Waals surface area (Å²) in [5.74, 6) is -0.434. The lowest BCUT2D eigenvalue weighted by Crippen LogP contribution is -2.23. The van der Waals surface area contributed by atoms with Gasteiger partial charge in [0.25, 0.3) is 0 Å². The van der Waals surface area contributed by atoms with Gasteiger partial charge >= 0.3 is 5.97 Å². The van der Waals surface area contributed by atoms with Crippen LogP contribution in [0.2, 0.25) is 0 Å². The van der Waals surface area contributed by atoms with Gasteiger partial charge in [-0.2, -0.15) is 0 Å². The van der Waals surface area contributed by atoms with Crippen molar-refractivity contribution in [2.75, 3.05) is 6.61 Å². The van der Waals surface area contributed by atoms with Gasteiger partial charge in [-0.05, 0) is 5.56 Å². The molecule has 1 aromatic carbocycles. The van der Waals surface area contributed by atoms with E-state index >= 15 is 0 Å². The van der Waals surface area contributed by atoms with Crippen molar-refractivity contribution in [2.45, 2.75) is 6.04 Å². The lowest BCUT2D eigenvalue weighted by molar-refractivity contribution is -0.144. The van der Waals surface area contributed by atoms with E-state index in [1.165, 1.54) is 6.08 Å². The zero-order chi connectivity index (χ0) is 10.4. The van der Waals surface area contributed by atoms with E-state index in [1.54, 1.807) is 12.1 Å². The quantitative estimate of drug-likeness (QED) is 0.578. The third-order valence-corrected chi connectivity index (χ3v) is 1.76. The van der Waals surface area contributed by atoms with Gasteiger partial charge in [-0.25, -0.2) is 4.79 Å². The summed E-state index contributed by atoms with van der Waals surface area (Å²) in [6.07, 6.45) is 1.51. The Balaban J connectivity index is 2.61. The highest BCUT2D eigenvalue weighted by Crippen LogP contribution is 2.10. The molecule has 0 spiro atoms. The minimum Gasteiger partial charge on any atom is -0.460 e. The summed E-state index contributed by atoms with van der Waals surface area (Å²) in [6, 6.07) is 8.40. The first-order valence-corrected chi connectivity index (χ1v) is 4.33. The van der Waals surface area contributed by atoms with Gasteiger partial charge in [-0.1, -0.05) is 43.0 Å². The van der Waals surface area contributed by atoms with E-state index in [0.717, 1.165) is 5.56 Å². The smallest absolute Gasteiger partial charge is 0.327 e. The summed E-state index contributed by atoms with van der Waals surface area (Å²) in [5.41, 5.74) is 6.42. The van der Waals surface area contributed by atoms with Gasteiger partial charge in [0.15, 0.2) is 0 Å². The number of hydrogen-bond acceptors (Lipinski definition) is 3. The molecule has 0 aliphatic heterocycles. The fourth-order valence-electron chi connectivity index (χ4n) is 1.03. The van der Waals surface area contributed by atoms with Gasteiger partial charge in [-0.15, -0.1) is 0 Å². The standard InChI is InChI=1S/C11H13NO2/c1-2-8-14-11(13)10(12)9-6-4-3-5-7-9/h2-7,10H,1,8,12H2/t10-/m1/s1. The zero-order valence-electron chi connectivity index (χ0n) is 7.85. The molecule has 0 bridgehead atoms. The Morgan fingerprint density at radius 1 is 1.50 bits per heavy atom. The molecule has 0 aliphatic carbocycles. The van der Waals surface area contributed by atoms with E-state index in [2.05, 4.69) is 6.58 Å². The molecule has 0 fully saturated rings. The molecule has 3 nitrogen and oxygen atoms in total. The van der Waals surface area contributed by atoms with Crippen LogP contribution in [0.5, 0.6) is 0 Å². The molecular weight excluding hydrogens is 178 g/mol. The van der Waals surface area contributed by atoms with Crippen molar-refractivity contribution >= 4 is 5.97 Å². The predicted molar refractivity (Wildman–Crippen MR) is 54.5 cm³/mol. The van der Waals surface area contributed by atoms with Crippen LogP contribution in [0.3, 0.4) is 0 Å². The third-order valence-electron chi connectivity index (χ3n) is 1.76. The molecular formula is C11H13NO2. The predicted octanol–water partition coefficient (Wildman–Crippen LogP) is 1.42. The normalized spacial score (nSPS) is 11.8. The monoisotopic (exact) mass is 191 g/mol. The molecule has 74 valence electrons. The van der Waals surface area contributed by atoms with E-state index in [4.69, 9.17) is 10.5 Å². The maximum Gasteiger partial charge on any atom is 0.327 e. The first kappa shape index (κ1) is 10.5. The van der Waals surface area contributed by atoms with Crippen LogP contribution in [0.1, 0.15) is 11.6 Å². The van der Waals surface area contributed by atoms with Crippen LogP contribution >= 0.6 is 0 Å². The molecule has 0 aromatic heterocycles. The van der Waals surface area contributed by atoms with Gasteiger partial charge in [0.1, 0.15) is 12.6 Å². The molecule has 3 heteroatoms. The van der Waals surface area contributed by atoms with Crippen molar-refractivity contribution in [3.8, 4) is 0 Å². The fraction of sp³-hybridized carbons (Fsp3) is 0.182. The second kappa shape index (κ2) is 5.19. The molecule has 1 atom stereocenters. The molecule has 2 N–H and O–H groups in total. The molecule has 0 heterocycles. The first-order valence-electron chi connectivity index (χ1n) is 4.33. The minimum atomic E-state index is -0.712. The highest BCUT2D eigenvalue weighted by Gasteiger charge is 2.15. The highest BCUT2D eigenvalue weighted by molar-refractivity contribution is 5.77. The van der Waals surface area contributed by atoms with E-state index in [1.807, 2.05) is 18.2 Å². The van der Waals surface area contributed by atoms with Crippen molar-refractivity contribution in [1.29, 1.82) is 0 Å².